The summed E-state index contributed by atoms with van der Waals surface area (Å²) in [6.07, 6.45) is 1.49. The number of benzene rings is 1. The van der Waals surface area contributed by atoms with E-state index in [1.54, 1.807) is 24.3 Å². The van der Waals surface area contributed by atoms with Gasteiger partial charge in [0.15, 0.2) is 0 Å². The highest BCUT2D eigenvalue weighted by Gasteiger charge is 2.18. The summed E-state index contributed by atoms with van der Waals surface area (Å²) in [4.78, 5) is 28.7. The van der Waals surface area contributed by atoms with E-state index in [4.69, 9.17) is 0 Å². The first-order valence-electron chi connectivity index (χ1n) is 6.33. The predicted octanol–water partition coefficient (Wildman–Crippen LogP) is -0.466. The maximum atomic E-state index is 11.9. The molecule has 0 atom stereocenters. The number of hydrogen-bond acceptors (Lipinski definition) is 6. The van der Waals surface area contributed by atoms with Crippen molar-refractivity contribution in [2.75, 3.05) is 5.43 Å². The molecule has 0 saturated heterocycles. The van der Waals surface area contributed by atoms with E-state index in [0.717, 1.165) is 0 Å². The van der Waals surface area contributed by atoms with Crippen LogP contribution in [0.15, 0.2) is 59.6 Å². The standard InChI is InChI=1S/C13H13N5O4S/c19-12(16-15-11-8-4-5-9-14-11)13(20)17-18-23(21,22)10-6-2-1-3-7-10/h1-9,18H,(H,14,15)(H,16,19)(H,17,20). The van der Waals surface area contributed by atoms with Crippen LogP contribution in [0.3, 0.4) is 0 Å². The Kier molecular flexibility index (Phi) is 5.23. The molecule has 0 aliphatic carbocycles. The maximum absolute atomic E-state index is 11.9. The van der Waals surface area contributed by atoms with Gasteiger partial charge in [-0.05, 0) is 24.3 Å². The molecule has 0 spiro atoms. The number of hydrazine groups is 2. The van der Waals surface area contributed by atoms with Gasteiger partial charge in [0.1, 0.15) is 5.82 Å². The monoisotopic (exact) mass is 335 g/mol. The second kappa shape index (κ2) is 7.33. The van der Waals surface area contributed by atoms with Crippen LogP contribution in [0, 0.1) is 0 Å². The van der Waals surface area contributed by atoms with Gasteiger partial charge in [-0.25, -0.2) is 13.4 Å². The predicted molar refractivity (Wildman–Crippen MR) is 80.9 cm³/mol. The molecule has 0 radical (unpaired) electrons. The summed E-state index contributed by atoms with van der Waals surface area (Å²) in [6, 6.07) is 12.3. The highest BCUT2D eigenvalue weighted by Crippen LogP contribution is 2.05. The maximum Gasteiger partial charge on any atom is 0.329 e. The van der Waals surface area contributed by atoms with E-state index in [1.165, 1.54) is 30.5 Å². The Morgan fingerprint density at radius 1 is 0.870 bits per heavy atom. The Labute approximate surface area is 132 Å². The molecule has 1 aromatic carbocycles. The third-order valence-corrected chi connectivity index (χ3v) is 3.79. The minimum atomic E-state index is -3.95. The van der Waals surface area contributed by atoms with Crippen LogP contribution < -0.4 is 21.1 Å². The second-order valence-corrected chi connectivity index (χ2v) is 5.85. The number of aromatic nitrogens is 1. The number of nitrogens with zero attached hydrogens (tertiary/aromatic N) is 1. The topological polar surface area (TPSA) is 129 Å². The molecule has 0 fully saturated rings. The number of carbonyl (C=O) groups is 2. The molecule has 0 unspecified atom stereocenters. The highest BCUT2D eigenvalue weighted by atomic mass is 32.2. The molecule has 0 aliphatic heterocycles. The Balaban J connectivity index is 1.86. The van der Waals surface area contributed by atoms with Gasteiger partial charge < -0.3 is 0 Å². The van der Waals surface area contributed by atoms with Crippen molar-refractivity contribution in [3.05, 3.63) is 54.7 Å². The lowest BCUT2D eigenvalue weighted by molar-refractivity contribution is -0.139. The number of carbonyl (C=O) groups excluding carboxylic acids is 2. The van der Waals surface area contributed by atoms with Gasteiger partial charge >= 0.3 is 11.8 Å². The van der Waals surface area contributed by atoms with Crippen molar-refractivity contribution in [1.82, 2.24) is 20.7 Å². The molecular weight excluding hydrogens is 322 g/mol. The van der Waals surface area contributed by atoms with Gasteiger partial charge in [-0.3, -0.25) is 25.9 Å². The number of nitrogens with one attached hydrogen (secondary N) is 4. The van der Waals surface area contributed by atoms with Crippen molar-refractivity contribution in [3.8, 4) is 0 Å². The highest BCUT2D eigenvalue weighted by molar-refractivity contribution is 7.89. The van der Waals surface area contributed by atoms with E-state index in [2.05, 4.69) is 15.8 Å². The van der Waals surface area contributed by atoms with E-state index in [-0.39, 0.29) is 4.90 Å². The van der Waals surface area contributed by atoms with Crippen LogP contribution in [0.5, 0.6) is 0 Å². The van der Waals surface area contributed by atoms with E-state index in [9.17, 15) is 18.0 Å². The van der Waals surface area contributed by atoms with Crippen molar-refractivity contribution < 1.29 is 18.0 Å². The lowest BCUT2D eigenvalue weighted by atomic mass is 10.4. The lowest BCUT2D eigenvalue weighted by Gasteiger charge is -2.09. The summed E-state index contributed by atoms with van der Waals surface area (Å²) in [6.45, 7) is 0. The van der Waals surface area contributed by atoms with Crippen LogP contribution in [-0.4, -0.2) is 25.2 Å². The minimum Gasteiger partial charge on any atom is -0.281 e. The molecule has 2 aromatic rings. The Morgan fingerprint density at radius 2 is 1.52 bits per heavy atom. The third-order valence-electron chi connectivity index (χ3n) is 2.53. The summed E-state index contributed by atoms with van der Waals surface area (Å²) in [5.74, 6) is -1.96. The van der Waals surface area contributed by atoms with Crippen molar-refractivity contribution in [3.63, 3.8) is 0 Å². The summed E-state index contributed by atoms with van der Waals surface area (Å²) in [7, 11) is -3.95. The summed E-state index contributed by atoms with van der Waals surface area (Å²) in [5.41, 5.74) is 6.29. The molecule has 1 aromatic heterocycles. The largest absolute Gasteiger partial charge is 0.329 e. The SMILES string of the molecule is O=C(NNc1ccccn1)C(=O)NNS(=O)(=O)c1ccccc1. The van der Waals surface area contributed by atoms with Crippen LogP contribution in [0.2, 0.25) is 0 Å². The first-order valence-corrected chi connectivity index (χ1v) is 7.81. The second-order valence-electron chi connectivity index (χ2n) is 4.17. The molecule has 0 saturated carbocycles. The summed E-state index contributed by atoms with van der Waals surface area (Å²) in [5, 5.41) is 0. The Bertz CT molecular complexity index is 781. The third kappa shape index (κ3) is 4.76. The molecule has 9 nitrogen and oxygen atoms in total. The quantitative estimate of drug-likeness (QED) is 0.432. The first-order chi connectivity index (χ1) is 11.0. The number of rotatable bonds is 5. The number of amides is 2. The van der Waals surface area contributed by atoms with E-state index < -0.39 is 21.8 Å². The molecule has 4 N–H and O–H groups in total. The van der Waals surface area contributed by atoms with Gasteiger partial charge in [0.2, 0.25) is 0 Å². The molecule has 120 valence electrons. The fourth-order valence-corrected chi connectivity index (χ4v) is 2.30. The number of hydrogen-bond donors (Lipinski definition) is 4. The smallest absolute Gasteiger partial charge is 0.281 e. The van der Waals surface area contributed by atoms with Crippen LogP contribution >= 0.6 is 0 Å². The zero-order valence-electron chi connectivity index (χ0n) is 11.7. The number of pyridine rings is 1. The van der Waals surface area contributed by atoms with Crippen molar-refractivity contribution in [2.24, 2.45) is 0 Å². The molecule has 1 heterocycles. The summed E-state index contributed by atoms with van der Waals surface area (Å²) >= 11 is 0. The van der Waals surface area contributed by atoms with Crippen LogP contribution in [0.1, 0.15) is 0 Å². The Hall–Kier alpha value is -2.98. The average Bonchev–Trinajstić information content (AvgIpc) is 2.59. The van der Waals surface area contributed by atoms with Gasteiger partial charge in [0.05, 0.1) is 4.90 Å². The molecular formula is C13H13N5O4S. The molecule has 2 rings (SSSR count). The van der Waals surface area contributed by atoms with Crippen molar-refractivity contribution in [2.45, 2.75) is 4.90 Å². The summed E-state index contributed by atoms with van der Waals surface area (Å²) < 4.78 is 23.7. The van der Waals surface area contributed by atoms with Gasteiger partial charge in [-0.1, -0.05) is 24.3 Å². The van der Waals surface area contributed by atoms with E-state index in [1.807, 2.05) is 10.3 Å². The van der Waals surface area contributed by atoms with E-state index in [0.29, 0.717) is 5.82 Å². The van der Waals surface area contributed by atoms with Crippen LogP contribution in [-0.2, 0) is 19.6 Å². The van der Waals surface area contributed by atoms with Gasteiger partial charge in [0.25, 0.3) is 10.0 Å². The van der Waals surface area contributed by atoms with Crippen molar-refractivity contribution >= 4 is 27.7 Å². The van der Waals surface area contributed by atoms with Gasteiger partial charge in [-0.15, -0.1) is 4.83 Å². The normalized spacial score (nSPS) is 10.6. The van der Waals surface area contributed by atoms with Crippen molar-refractivity contribution in [1.29, 1.82) is 0 Å². The lowest BCUT2D eigenvalue weighted by Crippen LogP contribution is -2.49. The minimum absolute atomic E-state index is 0.0488. The number of sulfonamides is 1. The zero-order valence-corrected chi connectivity index (χ0v) is 12.5. The van der Waals surface area contributed by atoms with Crippen LogP contribution in [0.4, 0.5) is 5.82 Å². The molecule has 0 aliphatic rings. The fraction of sp³-hybridized carbons (Fsp3) is 0. The molecule has 0 bridgehead atoms. The van der Waals surface area contributed by atoms with Gasteiger partial charge in [-0.2, -0.15) is 0 Å². The number of anilines is 1. The zero-order chi connectivity index (χ0) is 16.7. The van der Waals surface area contributed by atoms with Gasteiger partial charge in [0, 0.05) is 6.20 Å². The van der Waals surface area contributed by atoms with E-state index >= 15 is 0 Å². The molecule has 10 heteroatoms. The molecule has 23 heavy (non-hydrogen) atoms. The molecule has 2 amide bonds. The van der Waals surface area contributed by atoms with Crippen LogP contribution in [0.25, 0.3) is 0 Å². The average molecular weight is 335 g/mol. The fourth-order valence-electron chi connectivity index (χ4n) is 1.44. The first kappa shape index (κ1) is 16.4. The Morgan fingerprint density at radius 3 is 2.17 bits per heavy atom.